The van der Waals surface area contributed by atoms with Crippen LogP contribution in [0, 0.1) is 0 Å². The van der Waals surface area contributed by atoms with Crippen molar-refractivity contribution < 1.29 is 19.5 Å². The van der Waals surface area contributed by atoms with E-state index in [1.165, 1.54) is 17.8 Å². The minimum absolute atomic E-state index is 0.0156. The van der Waals surface area contributed by atoms with Crippen LogP contribution in [0.4, 0.5) is 0 Å². The lowest BCUT2D eigenvalue weighted by atomic mass is 10.1. The molecule has 14 heavy (non-hydrogen) atoms. The maximum Gasteiger partial charge on any atom is 0.389 e. The largest absolute Gasteiger partial charge is 0.477 e. The van der Waals surface area contributed by atoms with Crippen molar-refractivity contribution in [2.45, 2.75) is 5.37 Å². The fourth-order valence-corrected chi connectivity index (χ4v) is 2.48. The van der Waals surface area contributed by atoms with Crippen LogP contribution < -0.4 is 0 Å². The van der Waals surface area contributed by atoms with Crippen LogP contribution in [0.1, 0.15) is 0 Å². The fourth-order valence-electron chi connectivity index (χ4n) is 1.38. The molecule has 0 aromatic rings. The highest BCUT2D eigenvalue weighted by atomic mass is 32.2. The Morgan fingerprint density at radius 1 is 1.79 bits per heavy atom. The Morgan fingerprint density at radius 3 is 3.07 bits per heavy atom. The molecule has 2 heterocycles. The predicted molar refractivity (Wildman–Crippen MR) is 47.4 cm³/mol. The van der Waals surface area contributed by atoms with E-state index >= 15 is 0 Å². The molecule has 2 aliphatic heterocycles. The van der Waals surface area contributed by atoms with Gasteiger partial charge in [0.15, 0.2) is 5.37 Å². The van der Waals surface area contributed by atoms with Crippen molar-refractivity contribution in [3.63, 3.8) is 0 Å². The second-order valence-electron chi connectivity index (χ2n) is 2.74. The molecule has 1 saturated heterocycles. The first-order chi connectivity index (χ1) is 6.66. The molecule has 7 heteroatoms. The third-order valence-electron chi connectivity index (χ3n) is 2.02. The van der Waals surface area contributed by atoms with Gasteiger partial charge in [-0.05, 0) is 6.08 Å². The van der Waals surface area contributed by atoms with Crippen molar-refractivity contribution in [2.75, 3.05) is 5.75 Å². The Hall–Kier alpha value is -1.59. The van der Waals surface area contributed by atoms with Gasteiger partial charge in [-0.25, -0.2) is 4.79 Å². The van der Waals surface area contributed by atoms with Gasteiger partial charge in [-0.15, -0.1) is 11.8 Å². The van der Waals surface area contributed by atoms with Crippen LogP contribution in [0.5, 0.6) is 0 Å². The molecule has 6 nitrogen and oxygen atoms in total. The first-order valence-corrected chi connectivity index (χ1v) is 4.82. The number of carboxylic acid groups (broad SMARTS) is 1. The zero-order chi connectivity index (χ0) is 10.3. The summed E-state index contributed by atoms with van der Waals surface area (Å²) in [6.07, 6.45) is 1.47. The second-order valence-corrected chi connectivity index (χ2v) is 3.85. The van der Waals surface area contributed by atoms with Crippen molar-refractivity contribution >= 4 is 29.4 Å². The molecular formula is C7H5N3O3S. The summed E-state index contributed by atoms with van der Waals surface area (Å²) in [6.45, 7) is 0. The smallest absolute Gasteiger partial charge is 0.389 e. The third-order valence-corrected chi connectivity index (χ3v) is 3.13. The summed E-state index contributed by atoms with van der Waals surface area (Å²) in [5.74, 6) is -1.19. The number of β-lactam (4-membered cyclic amide) rings is 1. The number of nitrogens with zero attached hydrogens (tertiary/aromatic N) is 3. The number of aliphatic carboxylic acids is 1. The van der Waals surface area contributed by atoms with E-state index in [1.807, 2.05) is 0 Å². The van der Waals surface area contributed by atoms with Gasteiger partial charge in [0.05, 0.1) is 0 Å². The third kappa shape index (κ3) is 0.997. The molecule has 0 saturated carbocycles. The van der Waals surface area contributed by atoms with Crippen molar-refractivity contribution in [3.8, 4) is 0 Å². The summed E-state index contributed by atoms with van der Waals surface area (Å²) in [5.41, 5.74) is 8.46. The monoisotopic (exact) mass is 211 g/mol. The summed E-state index contributed by atoms with van der Waals surface area (Å²) in [6, 6.07) is 0. The Bertz CT molecular complexity index is 410. The standard InChI is InChI=1S/C7H5N3O3S/c8-9-4-5(11)10-3(7(12)13)1-2-14-6(4)10/h1,6H,2H2,(H,12,13)/t6-/m1/s1. The second kappa shape index (κ2) is 2.97. The number of carbonyl (C=O) groups is 2. The normalized spacial score (nSPS) is 24.7. The summed E-state index contributed by atoms with van der Waals surface area (Å²) in [5, 5.41) is 8.32. The van der Waals surface area contributed by atoms with Crippen molar-refractivity contribution in [1.82, 2.24) is 4.90 Å². The number of carboxylic acids is 1. The van der Waals surface area contributed by atoms with E-state index in [2.05, 4.69) is 4.79 Å². The number of hydrogen-bond donors (Lipinski definition) is 1. The lowest BCUT2D eigenvalue weighted by molar-refractivity contribution is -0.142. The Balaban J connectivity index is 2.36. The van der Waals surface area contributed by atoms with Crippen LogP contribution in [0.2, 0.25) is 0 Å². The highest BCUT2D eigenvalue weighted by molar-refractivity contribution is 8.01. The van der Waals surface area contributed by atoms with Crippen LogP contribution >= 0.6 is 11.8 Å². The van der Waals surface area contributed by atoms with Crippen LogP contribution in [0.25, 0.3) is 5.53 Å². The summed E-state index contributed by atoms with van der Waals surface area (Å²) in [4.78, 5) is 25.9. The van der Waals surface area contributed by atoms with Gasteiger partial charge in [-0.3, -0.25) is 9.69 Å². The van der Waals surface area contributed by atoms with Gasteiger partial charge < -0.3 is 10.6 Å². The Morgan fingerprint density at radius 2 is 2.50 bits per heavy atom. The topological polar surface area (TPSA) is 94.0 Å². The molecule has 2 aliphatic rings. The molecule has 0 bridgehead atoms. The molecule has 72 valence electrons. The quantitative estimate of drug-likeness (QED) is 0.361. The summed E-state index contributed by atoms with van der Waals surface area (Å²) in [7, 11) is 0. The van der Waals surface area contributed by atoms with Crippen molar-refractivity contribution in [1.29, 1.82) is 0 Å². The van der Waals surface area contributed by atoms with Gasteiger partial charge in [-0.1, -0.05) is 0 Å². The van der Waals surface area contributed by atoms with Gasteiger partial charge in [0.25, 0.3) is 0 Å². The first-order valence-electron chi connectivity index (χ1n) is 3.77. The predicted octanol–water partition coefficient (Wildman–Crippen LogP) is -0.459. The highest BCUT2D eigenvalue weighted by Gasteiger charge is 2.56. The SMILES string of the molecule is [N-]=[N+]=C1C(=O)N2C(C(=O)O)=CCS[C@H]12. The molecule has 2 rings (SSSR count). The van der Waals surface area contributed by atoms with Crippen molar-refractivity contribution in [2.24, 2.45) is 0 Å². The highest BCUT2D eigenvalue weighted by Crippen LogP contribution is 2.34. The number of amides is 1. The number of fused-ring (bicyclic) bond motifs is 1. The molecular weight excluding hydrogens is 206 g/mol. The van der Waals surface area contributed by atoms with Gasteiger partial charge in [0.2, 0.25) is 0 Å². The van der Waals surface area contributed by atoms with Crippen LogP contribution in [-0.4, -0.2) is 43.5 Å². The van der Waals surface area contributed by atoms with Gasteiger partial charge in [-0.2, -0.15) is 4.79 Å². The minimum Gasteiger partial charge on any atom is -0.477 e. The number of carbonyl (C=O) groups excluding carboxylic acids is 1. The van der Waals surface area contributed by atoms with E-state index in [0.717, 1.165) is 4.90 Å². The van der Waals surface area contributed by atoms with Gasteiger partial charge >= 0.3 is 17.6 Å². The van der Waals surface area contributed by atoms with Gasteiger partial charge in [0, 0.05) is 5.75 Å². The summed E-state index contributed by atoms with van der Waals surface area (Å²) < 4.78 is 0. The van der Waals surface area contributed by atoms with Crippen LogP contribution in [0.15, 0.2) is 11.8 Å². The van der Waals surface area contributed by atoms with Crippen LogP contribution in [0.3, 0.4) is 0 Å². The van der Waals surface area contributed by atoms with Crippen molar-refractivity contribution in [3.05, 3.63) is 17.3 Å². The fraction of sp³-hybridized carbons (Fsp3) is 0.286. The first kappa shape index (κ1) is 8.98. The van der Waals surface area contributed by atoms with E-state index < -0.39 is 17.3 Å². The molecule has 1 amide bonds. The van der Waals surface area contributed by atoms with E-state index in [-0.39, 0.29) is 11.4 Å². The maximum absolute atomic E-state index is 11.3. The number of hydrogen-bond acceptors (Lipinski definition) is 3. The Kier molecular flexibility index (Phi) is 1.90. The van der Waals surface area contributed by atoms with Gasteiger partial charge in [0.1, 0.15) is 5.70 Å². The lowest BCUT2D eigenvalue weighted by Crippen LogP contribution is -2.62. The molecule has 0 spiro atoms. The van der Waals surface area contributed by atoms with E-state index in [9.17, 15) is 9.59 Å². The van der Waals surface area contributed by atoms with Crippen LogP contribution in [-0.2, 0) is 9.59 Å². The Labute approximate surface area is 82.8 Å². The average molecular weight is 211 g/mol. The average Bonchev–Trinajstić information content (AvgIpc) is 2.16. The molecule has 0 radical (unpaired) electrons. The molecule has 0 unspecified atom stereocenters. The molecule has 0 aliphatic carbocycles. The van der Waals surface area contributed by atoms with E-state index in [1.54, 1.807) is 0 Å². The molecule has 1 atom stereocenters. The lowest BCUT2D eigenvalue weighted by Gasteiger charge is -2.37. The van der Waals surface area contributed by atoms with E-state index in [0.29, 0.717) is 5.75 Å². The summed E-state index contributed by atoms with van der Waals surface area (Å²) >= 11 is 1.35. The maximum atomic E-state index is 11.3. The molecule has 0 aromatic heterocycles. The number of rotatable bonds is 1. The van der Waals surface area contributed by atoms with E-state index in [4.69, 9.17) is 10.6 Å². The molecule has 1 fully saturated rings. The molecule has 0 aromatic carbocycles. The molecule has 1 N–H and O–H groups in total. The zero-order valence-electron chi connectivity index (χ0n) is 6.88. The zero-order valence-corrected chi connectivity index (χ0v) is 7.69. The minimum atomic E-state index is -1.14. The number of thioether (sulfide) groups is 1.